The molecule has 2 unspecified atom stereocenters. The zero-order valence-electron chi connectivity index (χ0n) is 19.8. The molecule has 2 aliphatic heterocycles. The number of nitrogens with zero attached hydrogens (tertiary/aromatic N) is 3. The molecule has 2 atom stereocenters. The van der Waals surface area contributed by atoms with Crippen molar-refractivity contribution in [3.8, 4) is 0 Å². The van der Waals surface area contributed by atoms with Crippen LogP contribution in [0.1, 0.15) is 52.9 Å². The van der Waals surface area contributed by atoms with Gasteiger partial charge in [-0.25, -0.2) is 14.8 Å². The Labute approximate surface area is 191 Å². The first-order valence-corrected chi connectivity index (χ1v) is 11.9. The number of carbonyl (C=O) groups excluding carboxylic acids is 1. The second kappa shape index (κ2) is 11.8. The fourth-order valence-corrected chi connectivity index (χ4v) is 4.79. The summed E-state index contributed by atoms with van der Waals surface area (Å²) < 4.78 is 5.21. The lowest BCUT2D eigenvalue weighted by Gasteiger charge is -2.38. The van der Waals surface area contributed by atoms with E-state index in [0.717, 1.165) is 64.2 Å². The van der Waals surface area contributed by atoms with E-state index in [9.17, 15) is 4.79 Å². The van der Waals surface area contributed by atoms with E-state index in [-0.39, 0.29) is 12.0 Å². The summed E-state index contributed by atoms with van der Waals surface area (Å²) in [6.07, 6.45) is 8.23. The first kappa shape index (κ1) is 24.7. The molecule has 4 N–H and O–H groups in total. The van der Waals surface area contributed by atoms with Crippen LogP contribution in [0.15, 0.2) is 18.5 Å². The minimum absolute atomic E-state index is 0.0531. The van der Waals surface area contributed by atoms with Crippen LogP contribution in [0, 0.1) is 17.8 Å². The Kier molecular flexibility index (Phi) is 9.07. The third-order valence-corrected chi connectivity index (χ3v) is 6.46. The van der Waals surface area contributed by atoms with E-state index in [2.05, 4.69) is 25.7 Å². The average Bonchev–Trinajstić information content (AvgIpc) is 2.77. The second-order valence-corrected chi connectivity index (χ2v) is 10.0. The third kappa shape index (κ3) is 7.86. The highest BCUT2D eigenvalue weighted by Gasteiger charge is 2.32. The summed E-state index contributed by atoms with van der Waals surface area (Å²) in [4.78, 5) is 28.0. The summed E-state index contributed by atoms with van der Waals surface area (Å²) in [5.74, 6) is 2.15. The number of carbonyl (C=O) groups is 1. The molecule has 0 bridgehead atoms. The molecule has 2 fully saturated rings. The lowest BCUT2D eigenvalue weighted by molar-refractivity contribution is -0.0372. The smallest absolute Gasteiger partial charge is 0.427 e. The number of aromatic nitrogens is 2. The van der Waals surface area contributed by atoms with E-state index in [4.69, 9.17) is 15.3 Å². The van der Waals surface area contributed by atoms with Gasteiger partial charge in [-0.2, -0.15) is 0 Å². The Morgan fingerprint density at radius 3 is 2.50 bits per heavy atom. The number of hydroxylamine groups is 1. The lowest BCUT2D eigenvalue weighted by Crippen LogP contribution is -2.47. The Hall–Kier alpha value is -1.97. The van der Waals surface area contributed by atoms with Gasteiger partial charge in [-0.15, -0.1) is 5.48 Å². The van der Waals surface area contributed by atoms with Crippen LogP contribution in [0.2, 0.25) is 0 Å². The van der Waals surface area contributed by atoms with Gasteiger partial charge in [0.25, 0.3) is 0 Å². The van der Waals surface area contributed by atoms with Crippen molar-refractivity contribution in [2.75, 3.05) is 37.6 Å². The van der Waals surface area contributed by atoms with Crippen LogP contribution < -0.4 is 21.4 Å². The van der Waals surface area contributed by atoms with Crippen molar-refractivity contribution >= 4 is 12.1 Å². The lowest BCUT2D eigenvalue weighted by atomic mass is 9.76. The number of hydrogen-bond acceptors (Lipinski definition) is 9. The molecule has 0 amide bonds. The highest BCUT2D eigenvalue weighted by Crippen LogP contribution is 2.30. The van der Waals surface area contributed by atoms with Crippen molar-refractivity contribution in [1.29, 1.82) is 0 Å². The van der Waals surface area contributed by atoms with Gasteiger partial charge >= 0.3 is 6.16 Å². The van der Waals surface area contributed by atoms with Crippen LogP contribution in [-0.2, 0) is 9.57 Å². The fraction of sp³-hybridized carbons (Fsp3) is 0.783. The van der Waals surface area contributed by atoms with Crippen LogP contribution in [0.5, 0.6) is 0 Å². The second-order valence-electron chi connectivity index (χ2n) is 10.0. The van der Waals surface area contributed by atoms with E-state index >= 15 is 0 Å². The van der Waals surface area contributed by atoms with Gasteiger partial charge in [0.15, 0.2) is 0 Å². The Morgan fingerprint density at radius 2 is 1.88 bits per heavy atom. The van der Waals surface area contributed by atoms with Gasteiger partial charge in [0.1, 0.15) is 5.60 Å². The van der Waals surface area contributed by atoms with Crippen molar-refractivity contribution < 1.29 is 14.4 Å². The minimum Gasteiger partial charge on any atom is -0.427 e. The summed E-state index contributed by atoms with van der Waals surface area (Å²) in [6, 6.07) is 1.90. The van der Waals surface area contributed by atoms with Crippen LogP contribution in [0.4, 0.5) is 10.7 Å². The maximum absolute atomic E-state index is 11.9. The van der Waals surface area contributed by atoms with Crippen molar-refractivity contribution in [3.05, 3.63) is 18.5 Å². The predicted octanol–water partition coefficient (Wildman–Crippen LogP) is 2.48. The van der Waals surface area contributed by atoms with Crippen LogP contribution >= 0.6 is 0 Å². The molecular weight excluding hydrogens is 408 g/mol. The SMILES string of the molecule is CC(C)(C)OC(=O)ONCC(C(N)CC1CCN(c2ncccn2)CC1)C1CCNCC1. The highest BCUT2D eigenvalue weighted by molar-refractivity contribution is 5.60. The Morgan fingerprint density at radius 1 is 1.22 bits per heavy atom. The maximum Gasteiger partial charge on any atom is 0.528 e. The zero-order valence-corrected chi connectivity index (χ0v) is 19.8. The topological polar surface area (TPSA) is 115 Å². The van der Waals surface area contributed by atoms with Crippen molar-refractivity contribution in [2.45, 2.75) is 64.5 Å². The molecule has 0 saturated carbocycles. The quantitative estimate of drug-likeness (QED) is 0.407. The van der Waals surface area contributed by atoms with E-state index < -0.39 is 11.8 Å². The van der Waals surface area contributed by atoms with E-state index in [1.54, 1.807) is 12.4 Å². The Balaban J connectivity index is 1.49. The van der Waals surface area contributed by atoms with Gasteiger partial charge < -0.3 is 25.5 Å². The number of hydrogen-bond donors (Lipinski definition) is 3. The van der Waals surface area contributed by atoms with E-state index in [0.29, 0.717) is 18.4 Å². The minimum atomic E-state index is -0.703. The molecule has 3 heterocycles. The molecule has 0 spiro atoms. The normalized spacial score (nSPS) is 20.6. The van der Waals surface area contributed by atoms with E-state index in [1.807, 2.05) is 26.8 Å². The number of ether oxygens (including phenoxy) is 1. The van der Waals surface area contributed by atoms with Crippen LogP contribution in [0.3, 0.4) is 0 Å². The van der Waals surface area contributed by atoms with Crippen LogP contribution in [-0.4, -0.2) is 60.5 Å². The number of piperidine rings is 2. The van der Waals surface area contributed by atoms with Gasteiger partial charge in [0.05, 0.1) is 0 Å². The van der Waals surface area contributed by atoms with Gasteiger partial charge in [0.2, 0.25) is 5.95 Å². The summed E-state index contributed by atoms with van der Waals surface area (Å²) >= 11 is 0. The maximum atomic E-state index is 11.9. The molecule has 180 valence electrons. The molecule has 9 nitrogen and oxygen atoms in total. The van der Waals surface area contributed by atoms with Gasteiger partial charge in [0, 0.05) is 38.1 Å². The predicted molar refractivity (Wildman–Crippen MR) is 124 cm³/mol. The summed E-state index contributed by atoms with van der Waals surface area (Å²) in [5, 5.41) is 3.43. The summed E-state index contributed by atoms with van der Waals surface area (Å²) in [7, 11) is 0. The number of nitrogens with one attached hydrogen (secondary N) is 2. The van der Waals surface area contributed by atoms with Gasteiger partial charge in [-0.1, -0.05) is 0 Å². The number of rotatable bonds is 8. The van der Waals surface area contributed by atoms with Crippen LogP contribution in [0.25, 0.3) is 0 Å². The monoisotopic (exact) mass is 448 g/mol. The fourth-order valence-electron chi connectivity index (χ4n) is 4.79. The third-order valence-electron chi connectivity index (χ3n) is 6.46. The Bertz CT molecular complexity index is 685. The zero-order chi connectivity index (χ0) is 23.0. The standard InChI is InChI=1S/C23H40N6O3/c1-23(2,3)31-22(30)32-28-16-19(18-5-11-25-12-6-18)20(24)15-17-7-13-29(14-8-17)21-26-9-4-10-27-21/h4,9-10,17-20,25,28H,5-8,11-16,24H2,1-3H3. The molecule has 32 heavy (non-hydrogen) atoms. The molecular formula is C23H40N6O3. The molecule has 3 rings (SSSR count). The first-order chi connectivity index (χ1) is 15.3. The largest absolute Gasteiger partial charge is 0.528 e. The number of anilines is 1. The molecule has 0 aliphatic carbocycles. The average molecular weight is 449 g/mol. The van der Waals surface area contributed by atoms with Gasteiger partial charge in [-0.3, -0.25) is 0 Å². The van der Waals surface area contributed by atoms with E-state index in [1.165, 1.54) is 0 Å². The molecule has 2 saturated heterocycles. The molecule has 2 aliphatic rings. The number of nitrogens with two attached hydrogens (primary N) is 1. The first-order valence-electron chi connectivity index (χ1n) is 11.9. The molecule has 9 heteroatoms. The van der Waals surface area contributed by atoms with Crippen molar-refractivity contribution in [2.24, 2.45) is 23.5 Å². The van der Waals surface area contributed by atoms with Gasteiger partial charge in [-0.05, 0) is 89.8 Å². The summed E-state index contributed by atoms with van der Waals surface area (Å²) in [5.41, 5.74) is 9.05. The highest BCUT2D eigenvalue weighted by atomic mass is 16.8. The van der Waals surface area contributed by atoms with Crippen molar-refractivity contribution in [3.63, 3.8) is 0 Å². The summed E-state index contributed by atoms with van der Waals surface area (Å²) in [6.45, 7) is 9.93. The molecule has 1 aromatic heterocycles. The van der Waals surface area contributed by atoms with Crippen molar-refractivity contribution in [1.82, 2.24) is 20.8 Å². The molecule has 0 radical (unpaired) electrons. The molecule has 0 aromatic carbocycles. The molecule has 1 aromatic rings.